The highest BCUT2D eigenvalue weighted by atomic mass is 16.3. The Labute approximate surface area is 151 Å². The molecule has 0 fully saturated rings. The van der Waals surface area contributed by atoms with E-state index in [1.54, 1.807) is 18.6 Å². The van der Waals surface area contributed by atoms with Crippen LogP contribution in [0, 0.1) is 6.92 Å². The van der Waals surface area contributed by atoms with E-state index in [0.29, 0.717) is 5.52 Å². The summed E-state index contributed by atoms with van der Waals surface area (Å²) in [5, 5.41) is 15.3. The van der Waals surface area contributed by atoms with Crippen LogP contribution in [0.1, 0.15) is 22.9 Å². The van der Waals surface area contributed by atoms with Gasteiger partial charge in [0.15, 0.2) is 0 Å². The molecular weight excluding hydrogens is 324 g/mol. The summed E-state index contributed by atoms with van der Waals surface area (Å²) < 4.78 is 0. The van der Waals surface area contributed by atoms with Crippen LogP contribution in [0.4, 0.5) is 5.82 Å². The number of phenols is 1. The summed E-state index contributed by atoms with van der Waals surface area (Å²) in [6.45, 7) is 1.91. The molecule has 0 spiro atoms. The van der Waals surface area contributed by atoms with Gasteiger partial charge >= 0.3 is 0 Å². The number of phenolic OH excluding ortho intramolecular Hbond substituents is 1. The molecule has 4 aromatic rings. The van der Waals surface area contributed by atoms with Gasteiger partial charge in [-0.1, -0.05) is 24.3 Å². The summed E-state index contributed by atoms with van der Waals surface area (Å²) in [5.41, 5.74) is 3.19. The first kappa shape index (κ1) is 16.0. The lowest BCUT2D eigenvalue weighted by molar-refractivity contribution is 0.471. The number of aromatic hydroxyl groups is 1. The second-order valence-electron chi connectivity index (χ2n) is 6.10. The zero-order valence-electron chi connectivity index (χ0n) is 14.3. The Morgan fingerprint density at radius 2 is 1.73 bits per heavy atom. The van der Waals surface area contributed by atoms with Gasteiger partial charge in [0, 0.05) is 35.2 Å². The van der Waals surface area contributed by atoms with Crippen molar-refractivity contribution < 1.29 is 5.11 Å². The Kier molecular flexibility index (Phi) is 4.19. The summed E-state index contributed by atoms with van der Waals surface area (Å²) in [7, 11) is 0. The van der Waals surface area contributed by atoms with Crippen LogP contribution in [-0.4, -0.2) is 20.1 Å². The largest absolute Gasteiger partial charge is 0.505 e. The molecule has 2 N–H and O–H groups in total. The van der Waals surface area contributed by atoms with Gasteiger partial charge in [-0.25, -0.2) is 9.97 Å². The second-order valence-corrected chi connectivity index (χ2v) is 6.10. The number of benzene rings is 1. The average Bonchev–Trinajstić information content (AvgIpc) is 2.69. The number of anilines is 1. The first-order valence-corrected chi connectivity index (χ1v) is 8.39. The minimum Gasteiger partial charge on any atom is -0.505 e. The molecule has 3 heterocycles. The van der Waals surface area contributed by atoms with Crippen molar-refractivity contribution >= 4 is 16.7 Å². The Morgan fingerprint density at radius 1 is 0.923 bits per heavy atom. The molecule has 0 radical (unpaired) electrons. The molecule has 5 heteroatoms. The van der Waals surface area contributed by atoms with Crippen LogP contribution in [0.25, 0.3) is 10.9 Å². The van der Waals surface area contributed by atoms with Crippen LogP contribution < -0.4 is 5.32 Å². The lowest BCUT2D eigenvalue weighted by Crippen LogP contribution is -2.13. The molecule has 0 aliphatic carbocycles. The monoisotopic (exact) mass is 342 g/mol. The van der Waals surface area contributed by atoms with Crippen LogP contribution >= 0.6 is 0 Å². The fourth-order valence-electron chi connectivity index (χ4n) is 3.01. The van der Waals surface area contributed by atoms with Crippen molar-refractivity contribution in [1.29, 1.82) is 0 Å². The van der Waals surface area contributed by atoms with Gasteiger partial charge in [-0.15, -0.1) is 0 Å². The molecule has 26 heavy (non-hydrogen) atoms. The SMILES string of the molecule is Cc1ccc2ccc([C@@H](Nc3ccccn3)c3ccncc3)c(O)c2n1. The van der Waals surface area contributed by atoms with E-state index in [9.17, 15) is 5.11 Å². The zero-order valence-corrected chi connectivity index (χ0v) is 14.3. The number of hydrogen-bond donors (Lipinski definition) is 2. The van der Waals surface area contributed by atoms with Crippen LogP contribution in [0.2, 0.25) is 0 Å². The maximum Gasteiger partial charge on any atom is 0.147 e. The number of rotatable bonds is 4. The molecule has 0 bridgehead atoms. The maximum atomic E-state index is 10.9. The molecule has 0 aliphatic rings. The van der Waals surface area contributed by atoms with Gasteiger partial charge in [-0.05, 0) is 42.8 Å². The summed E-state index contributed by atoms with van der Waals surface area (Å²) in [5.74, 6) is 0.905. The van der Waals surface area contributed by atoms with Gasteiger partial charge in [0.25, 0.3) is 0 Å². The van der Waals surface area contributed by atoms with E-state index in [4.69, 9.17) is 0 Å². The smallest absolute Gasteiger partial charge is 0.147 e. The van der Waals surface area contributed by atoms with Gasteiger partial charge in [0.2, 0.25) is 0 Å². The van der Waals surface area contributed by atoms with Crippen LogP contribution in [0.5, 0.6) is 5.75 Å². The summed E-state index contributed by atoms with van der Waals surface area (Å²) in [6, 6.07) is 17.1. The maximum absolute atomic E-state index is 10.9. The average molecular weight is 342 g/mol. The van der Waals surface area contributed by atoms with Crippen molar-refractivity contribution in [3.63, 3.8) is 0 Å². The molecule has 0 saturated carbocycles. The molecule has 0 unspecified atom stereocenters. The lowest BCUT2D eigenvalue weighted by Gasteiger charge is -2.22. The Hall–Kier alpha value is -3.47. The molecule has 0 amide bonds. The molecule has 0 saturated heterocycles. The standard InChI is InChI=1S/C21H18N4O/c1-14-5-6-15-7-8-17(21(26)20(15)24-14)19(16-9-12-22-13-10-16)25-18-4-2-3-11-23-18/h2-13,19,26H,1H3,(H,23,25)/t19-/m0/s1. The van der Waals surface area contributed by atoms with Crippen molar-refractivity contribution in [1.82, 2.24) is 15.0 Å². The molecule has 1 aromatic carbocycles. The van der Waals surface area contributed by atoms with Crippen molar-refractivity contribution in [2.45, 2.75) is 13.0 Å². The van der Waals surface area contributed by atoms with Crippen molar-refractivity contribution in [2.75, 3.05) is 5.32 Å². The fourth-order valence-corrected chi connectivity index (χ4v) is 3.01. The van der Waals surface area contributed by atoms with Gasteiger partial charge in [0.05, 0.1) is 6.04 Å². The first-order valence-electron chi connectivity index (χ1n) is 8.39. The third kappa shape index (κ3) is 3.07. The quantitative estimate of drug-likeness (QED) is 0.580. The highest BCUT2D eigenvalue weighted by Crippen LogP contribution is 2.36. The lowest BCUT2D eigenvalue weighted by atomic mass is 9.97. The van der Waals surface area contributed by atoms with Gasteiger partial charge in [-0.2, -0.15) is 0 Å². The number of aromatic nitrogens is 3. The van der Waals surface area contributed by atoms with Crippen LogP contribution in [0.3, 0.4) is 0 Å². The van der Waals surface area contributed by atoms with Crippen molar-refractivity contribution in [3.8, 4) is 5.75 Å². The van der Waals surface area contributed by atoms with E-state index in [1.165, 1.54) is 0 Å². The highest BCUT2D eigenvalue weighted by molar-refractivity contribution is 5.86. The summed E-state index contributed by atoms with van der Waals surface area (Å²) >= 11 is 0. The number of hydrogen-bond acceptors (Lipinski definition) is 5. The topological polar surface area (TPSA) is 70.9 Å². The van der Waals surface area contributed by atoms with E-state index < -0.39 is 0 Å². The Bertz CT molecular complexity index is 1040. The van der Waals surface area contributed by atoms with Crippen molar-refractivity contribution in [3.05, 3.63) is 90.0 Å². The molecular formula is C21H18N4O. The predicted octanol–water partition coefficient (Wildman–Crippen LogP) is 4.24. The minimum atomic E-state index is -0.278. The molecule has 5 nitrogen and oxygen atoms in total. The molecule has 0 aliphatic heterocycles. The van der Waals surface area contributed by atoms with Gasteiger partial charge in [0.1, 0.15) is 17.1 Å². The summed E-state index contributed by atoms with van der Waals surface area (Å²) in [4.78, 5) is 13.0. The van der Waals surface area contributed by atoms with E-state index in [2.05, 4.69) is 20.3 Å². The van der Waals surface area contributed by atoms with Gasteiger partial charge < -0.3 is 10.4 Å². The highest BCUT2D eigenvalue weighted by Gasteiger charge is 2.20. The van der Waals surface area contributed by atoms with E-state index in [0.717, 1.165) is 28.0 Å². The van der Waals surface area contributed by atoms with Crippen molar-refractivity contribution in [2.24, 2.45) is 0 Å². The number of nitrogens with one attached hydrogen (secondary N) is 1. The van der Waals surface area contributed by atoms with E-state index >= 15 is 0 Å². The third-order valence-corrected chi connectivity index (χ3v) is 4.31. The number of pyridine rings is 3. The molecule has 1 atom stereocenters. The van der Waals surface area contributed by atoms with Gasteiger partial charge in [-0.3, -0.25) is 4.98 Å². The normalized spacial score (nSPS) is 12.0. The zero-order chi connectivity index (χ0) is 17.9. The Balaban J connectivity index is 1.86. The number of fused-ring (bicyclic) bond motifs is 1. The predicted molar refractivity (Wildman–Crippen MR) is 102 cm³/mol. The minimum absolute atomic E-state index is 0.177. The van der Waals surface area contributed by atoms with Crippen LogP contribution in [0.15, 0.2) is 73.2 Å². The molecule has 128 valence electrons. The summed E-state index contributed by atoms with van der Waals surface area (Å²) in [6.07, 6.45) is 5.21. The fraction of sp³-hybridized carbons (Fsp3) is 0.0952. The number of nitrogens with zero attached hydrogens (tertiary/aromatic N) is 3. The van der Waals surface area contributed by atoms with Crippen LogP contribution in [-0.2, 0) is 0 Å². The molecule has 4 rings (SSSR count). The Morgan fingerprint density at radius 3 is 2.50 bits per heavy atom. The number of aryl methyl sites for hydroxylation is 1. The van der Waals surface area contributed by atoms with E-state index in [1.807, 2.05) is 61.5 Å². The van der Waals surface area contributed by atoms with E-state index in [-0.39, 0.29) is 11.8 Å². The second kappa shape index (κ2) is 6.80. The third-order valence-electron chi connectivity index (χ3n) is 4.31. The first-order chi connectivity index (χ1) is 12.7. The molecule has 3 aromatic heterocycles.